The predicted octanol–water partition coefficient (Wildman–Crippen LogP) is 1.42. The van der Waals surface area contributed by atoms with E-state index in [1.165, 1.54) is 12.1 Å². The van der Waals surface area contributed by atoms with Gasteiger partial charge in [-0.2, -0.15) is 0 Å². The highest BCUT2D eigenvalue weighted by Crippen LogP contribution is 2.10. The molecule has 4 N–H and O–H groups in total. The van der Waals surface area contributed by atoms with E-state index in [9.17, 15) is 18.0 Å². The molecule has 0 aliphatic rings. The number of rotatable bonds is 6. The first-order valence-corrected chi connectivity index (χ1v) is 9.55. The second-order valence-corrected chi connectivity index (χ2v) is 7.61. The lowest BCUT2D eigenvalue weighted by molar-refractivity contribution is -0.122. The molecule has 0 radical (unpaired) electrons. The molecule has 2 amide bonds. The van der Waals surface area contributed by atoms with Crippen LogP contribution in [0.2, 0.25) is 5.02 Å². The molecule has 0 aliphatic carbocycles. The summed E-state index contributed by atoms with van der Waals surface area (Å²) in [6.07, 6.45) is 0. The third-order valence-corrected chi connectivity index (χ3v) is 4.75. The first kappa shape index (κ1) is 19.9. The van der Waals surface area contributed by atoms with Crippen LogP contribution in [-0.4, -0.2) is 26.3 Å². The van der Waals surface area contributed by atoms with E-state index in [0.717, 1.165) is 0 Å². The number of primary sulfonamides is 1. The van der Waals surface area contributed by atoms with Crippen molar-refractivity contribution < 1.29 is 18.0 Å². The Hall–Kier alpha value is -2.42. The smallest absolute Gasteiger partial charge is 0.251 e. The van der Waals surface area contributed by atoms with Gasteiger partial charge in [0.2, 0.25) is 15.9 Å². The summed E-state index contributed by atoms with van der Waals surface area (Å²) in [7, 11) is -3.75. The Morgan fingerprint density at radius 1 is 1.08 bits per heavy atom. The van der Waals surface area contributed by atoms with Crippen molar-refractivity contribution >= 4 is 33.4 Å². The van der Waals surface area contributed by atoms with Crippen molar-refractivity contribution in [3.05, 3.63) is 64.7 Å². The fourth-order valence-electron chi connectivity index (χ4n) is 2.09. The Kier molecular flexibility index (Phi) is 6.36. The van der Waals surface area contributed by atoms with Gasteiger partial charge in [-0.15, -0.1) is 0 Å². The number of hydrogen-bond acceptors (Lipinski definition) is 4. The van der Waals surface area contributed by atoms with Crippen molar-refractivity contribution in [3.8, 4) is 0 Å². The number of halogens is 1. The van der Waals surface area contributed by atoms with Gasteiger partial charge in [-0.25, -0.2) is 13.6 Å². The topological polar surface area (TPSA) is 118 Å². The van der Waals surface area contributed by atoms with Gasteiger partial charge in [0.1, 0.15) is 6.04 Å². The van der Waals surface area contributed by atoms with Crippen LogP contribution in [0.5, 0.6) is 0 Å². The molecular formula is C17H18ClN3O4S. The summed E-state index contributed by atoms with van der Waals surface area (Å²) < 4.78 is 22.4. The number of hydrogen-bond donors (Lipinski definition) is 3. The highest BCUT2D eigenvalue weighted by Gasteiger charge is 2.16. The average molecular weight is 396 g/mol. The third-order valence-electron chi connectivity index (χ3n) is 3.57. The lowest BCUT2D eigenvalue weighted by atomic mass is 10.2. The minimum absolute atomic E-state index is 0.00354. The molecule has 0 spiro atoms. The molecule has 26 heavy (non-hydrogen) atoms. The summed E-state index contributed by atoms with van der Waals surface area (Å²) in [5.41, 5.74) is 1.09. The standard InChI is InChI=1S/C17H18ClN3O4S/c1-11(21-17(23)13-4-6-14(18)7-5-13)16(22)20-10-12-2-8-15(9-3-12)26(19,24)25/h2-9,11H,10H2,1H3,(H,20,22)(H,21,23)(H2,19,24,25)/t11-/m1/s1. The summed E-state index contributed by atoms with van der Waals surface area (Å²) in [6, 6.07) is 11.4. The van der Waals surface area contributed by atoms with Crippen LogP contribution in [0.15, 0.2) is 53.4 Å². The lowest BCUT2D eigenvalue weighted by Gasteiger charge is -2.14. The molecule has 2 aromatic carbocycles. The van der Waals surface area contributed by atoms with Crippen LogP contribution in [0.4, 0.5) is 0 Å². The van der Waals surface area contributed by atoms with Gasteiger partial charge in [0.15, 0.2) is 0 Å². The molecule has 0 bridgehead atoms. The summed E-state index contributed by atoms with van der Waals surface area (Å²) in [5.74, 6) is -0.760. The van der Waals surface area contributed by atoms with E-state index in [0.29, 0.717) is 16.1 Å². The number of carbonyl (C=O) groups is 2. The van der Waals surface area contributed by atoms with Gasteiger partial charge >= 0.3 is 0 Å². The van der Waals surface area contributed by atoms with Gasteiger partial charge in [0, 0.05) is 17.1 Å². The first-order valence-electron chi connectivity index (χ1n) is 7.62. The van der Waals surface area contributed by atoms with Crippen molar-refractivity contribution in [2.45, 2.75) is 24.4 Å². The van der Waals surface area contributed by atoms with Crippen LogP contribution in [0.1, 0.15) is 22.8 Å². The number of sulfonamides is 1. The maximum absolute atomic E-state index is 12.1. The van der Waals surface area contributed by atoms with E-state index in [-0.39, 0.29) is 23.3 Å². The van der Waals surface area contributed by atoms with E-state index in [1.54, 1.807) is 43.3 Å². The van der Waals surface area contributed by atoms with Crippen LogP contribution < -0.4 is 15.8 Å². The zero-order valence-electron chi connectivity index (χ0n) is 13.9. The van der Waals surface area contributed by atoms with Crippen LogP contribution in [0.3, 0.4) is 0 Å². The summed E-state index contributed by atoms with van der Waals surface area (Å²) in [6.45, 7) is 1.75. The molecule has 0 aromatic heterocycles. The number of nitrogens with two attached hydrogens (primary N) is 1. The fourth-order valence-corrected chi connectivity index (χ4v) is 2.73. The highest BCUT2D eigenvalue weighted by atomic mass is 35.5. The number of benzene rings is 2. The second-order valence-electron chi connectivity index (χ2n) is 5.61. The van der Waals surface area contributed by atoms with E-state index >= 15 is 0 Å². The molecule has 1 atom stereocenters. The van der Waals surface area contributed by atoms with Gasteiger partial charge < -0.3 is 10.6 Å². The monoisotopic (exact) mass is 395 g/mol. The summed E-state index contributed by atoms with van der Waals surface area (Å²) in [4.78, 5) is 24.2. The Morgan fingerprint density at radius 3 is 2.19 bits per heavy atom. The third kappa shape index (κ3) is 5.55. The normalized spacial score (nSPS) is 12.3. The molecule has 0 saturated carbocycles. The second kappa shape index (κ2) is 8.31. The predicted molar refractivity (Wildman–Crippen MR) is 98.0 cm³/mol. The van der Waals surface area contributed by atoms with Crippen molar-refractivity contribution in [2.75, 3.05) is 0 Å². The Balaban J connectivity index is 1.88. The summed E-state index contributed by atoms with van der Waals surface area (Å²) >= 11 is 5.77. The molecule has 2 rings (SSSR count). The largest absolute Gasteiger partial charge is 0.350 e. The van der Waals surface area contributed by atoms with Gasteiger partial charge in [-0.3, -0.25) is 9.59 Å². The fraction of sp³-hybridized carbons (Fsp3) is 0.176. The van der Waals surface area contributed by atoms with Crippen LogP contribution in [0.25, 0.3) is 0 Å². The molecule has 0 fully saturated rings. The minimum atomic E-state index is -3.75. The Bertz CT molecular complexity index is 897. The minimum Gasteiger partial charge on any atom is -0.350 e. The zero-order chi connectivity index (χ0) is 19.3. The Labute approximate surface area is 156 Å². The van der Waals surface area contributed by atoms with Gasteiger partial charge in [0.05, 0.1) is 4.90 Å². The Morgan fingerprint density at radius 2 is 1.65 bits per heavy atom. The zero-order valence-corrected chi connectivity index (χ0v) is 15.5. The van der Waals surface area contributed by atoms with E-state index in [1.807, 2.05) is 0 Å². The molecule has 0 heterocycles. The van der Waals surface area contributed by atoms with E-state index in [4.69, 9.17) is 16.7 Å². The SMILES string of the molecule is C[C@@H](NC(=O)c1ccc(Cl)cc1)C(=O)NCc1ccc(S(N)(=O)=O)cc1. The van der Waals surface area contributed by atoms with Gasteiger partial charge in [-0.1, -0.05) is 23.7 Å². The average Bonchev–Trinajstić information content (AvgIpc) is 2.59. The lowest BCUT2D eigenvalue weighted by Crippen LogP contribution is -2.44. The number of nitrogens with one attached hydrogen (secondary N) is 2. The van der Waals surface area contributed by atoms with Crippen molar-refractivity contribution in [3.63, 3.8) is 0 Å². The number of carbonyl (C=O) groups excluding carboxylic acids is 2. The van der Waals surface area contributed by atoms with Crippen LogP contribution >= 0.6 is 11.6 Å². The quantitative estimate of drug-likeness (QED) is 0.685. The number of amides is 2. The van der Waals surface area contributed by atoms with Gasteiger partial charge in [-0.05, 0) is 48.9 Å². The molecule has 7 nitrogen and oxygen atoms in total. The maximum atomic E-state index is 12.1. The maximum Gasteiger partial charge on any atom is 0.251 e. The van der Waals surface area contributed by atoms with Crippen molar-refractivity contribution in [2.24, 2.45) is 5.14 Å². The molecule has 2 aromatic rings. The highest BCUT2D eigenvalue weighted by molar-refractivity contribution is 7.89. The van der Waals surface area contributed by atoms with Crippen molar-refractivity contribution in [1.29, 1.82) is 0 Å². The van der Waals surface area contributed by atoms with Crippen LogP contribution in [-0.2, 0) is 21.4 Å². The molecular weight excluding hydrogens is 378 g/mol. The molecule has 0 aliphatic heterocycles. The van der Waals surface area contributed by atoms with Crippen molar-refractivity contribution in [1.82, 2.24) is 10.6 Å². The van der Waals surface area contributed by atoms with E-state index in [2.05, 4.69) is 10.6 Å². The first-order chi connectivity index (χ1) is 12.2. The molecule has 0 saturated heterocycles. The molecule has 138 valence electrons. The van der Waals surface area contributed by atoms with E-state index < -0.39 is 16.1 Å². The molecule has 9 heteroatoms. The summed E-state index contributed by atoms with van der Waals surface area (Å²) in [5, 5.41) is 10.8. The van der Waals surface area contributed by atoms with Crippen LogP contribution in [0, 0.1) is 0 Å². The molecule has 0 unspecified atom stereocenters. The van der Waals surface area contributed by atoms with Gasteiger partial charge in [0.25, 0.3) is 5.91 Å².